The summed E-state index contributed by atoms with van der Waals surface area (Å²) in [5.41, 5.74) is 1.19. The lowest BCUT2D eigenvalue weighted by Crippen LogP contribution is -2.10. The molecule has 0 bridgehead atoms. The van der Waals surface area contributed by atoms with Gasteiger partial charge in [-0.05, 0) is 36.3 Å². The van der Waals surface area contributed by atoms with E-state index in [1.807, 2.05) is 18.2 Å². The van der Waals surface area contributed by atoms with Gasteiger partial charge in [0.25, 0.3) is 0 Å². The molecule has 1 aromatic rings. The molecule has 1 fully saturated rings. The Bertz CT molecular complexity index is 359. The third-order valence-electron chi connectivity index (χ3n) is 3.11. The standard InChI is InChI=1S/C12H15ClO2/c1-15-11-9(3-2-4-10(11)13)7-12(8-14)5-6-12/h2-4,14H,5-8H2,1H3. The Hall–Kier alpha value is -0.730. The molecule has 2 nitrogen and oxygen atoms in total. The molecule has 0 aliphatic heterocycles. The average Bonchev–Trinajstić information content (AvgIpc) is 2.99. The first-order valence-electron chi connectivity index (χ1n) is 5.13. The van der Waals surface area contributed by atoms with Gasteiger partial charge in [-0.15, -0.1) is 0 Å². The van der Waals surface area contributed by atoms with Crippen LogP contribution in [0.2, 0.25) is 5.02 Å². The molecule has 15 heavy (non-hydrogen) atoms. The number of aliphatic hydroxyl groups is 1. The highest BCUT2D eigenvalue weighted by molar-refractivity contribution is 6.32. The highest BCUT2D eigenvalue weighted by atomic mass is 35.5. The van der Waals surface area contributed by atoms with Crippen LogP contribution in [0, 0.1) is 5.41 Å². The number of hydrogen-bond acceptors (Lipinski definition) is 2. The van der Waals surface area contributed by atoms with Crippen molar-refractivity contribution < 1.29 is 9.84 Å². The van der Waals surface area contributed by atoms with Gasteiger partial charge in [-0.3, -0.25) is 0 Å². The Morgan fingerprint density at radius 1 is 1.47 bits per heavy atom. The van der Waals surface area contributed by atoms with E-state index in [-0.39, 0.29) is 12.0 Å². The summed E-state index contributed by atoms with van der Waals surface area (Å²) in [5, 5.41) is 9.92. The molecule has 1 aliphatic carbocycles. The van der Waals surface area contributed by atoms with E-state index in [1.54, 1.807) is 7.11 Å². The van der Waals surface area contributed by atoms with Crippen LogP contribution in [-0.4, -0.2) is 18.8 Å². The summed E-state index contributed by atoms with van der Waals surface area (Å²) in [4.78, 5) is 0. The summed E-state index contributed by atoms with van der Waals surface area (Å²) in [7, 11) is 1.63. The van der Waals surface area contributed by atoms with Crippen LogP contribution < -0.4 is 4.74 Å². The van der Waals surface area contributed by atoms with Gasteiger partial charge >= 0.3 is 0 Å². The van der Waals surface area contributed by atoms with Crippen molar-refractivity contribution in [2.45, 2.75) is 19.3 Å². The highest BCUT2D eigenvalue weighted by Gasteiger charge is 2.42. The van der Waals surface area contributed by atoms with Crippen molar-refractivity contribution in [2.75, 3.05) is 13.7 Å². The fourth-order valence-electron chi connectivity index (χ4n) is 1.89. The van der Waals surface area contributed by atoms with Crippen molar-refractivity contribution >= 4 is 11.6 Å². The fourth-order valence-corrected chi connectivity index (χ4v) is 2.16. The minimum Gasteiger partial charge on any atom is -0.495 e. The Balaban J connectivity index is 2.24. The summed E-state index contributed by atoms with van der Waals surface area (Å²) in [6.45, 7) is 0.253. The molecule has 1 N–H and O–H groups in total. The molecule has 0 heterocycles. The molecule has 0 radical (unpaired) electrons. The first kappa shape index (κ1) is 10.8. The smallest absolute Gasteiger partial charge is 0.140 e. The number of halogens is 1. The molecule has 2 rings (SSSR count). The van der Waals surface area contributed by atoms with Gasteiger partial charge in [0, 0.05) is 6.61 Å². The van der Waals surface area contributed by atoms with Gasteiger partial charge in [0.1, 0.15) is 5.75 Å². The normalized spacial score (nSPS) is 17.5. The summed E-state index contributed by atoms with van der Waals surface area (Å²) in [5.74, 6) is 0.749. The Labute approximate surface area is 94.8 Å². The molecule has 0 spiro atoms. The SMILES string of the molecule is COc1c(Cl)cccc1CC1(CO)CC1. The second kappa shape index (κ2) is 4.03. The van der Waals surface area contributed by atoms with E-state index >= 15 is 0 Å². The molecule has 0 unspecified atom stereocenters. The maximum absolute atomic E-state index is 9.28. The van der Waals surface area contributed by atoms with E-state index in [9.17, 15) is 5.11 Å². The summed E-state index contributed by atoms with van der Waals surface area (Å²) in [6, 6.07) is 5.76. The predicted molar refractivity (Wildman–Crippen MR) is 60.5 cm³/mol. The quantitative estimate of drug-likeness (QED) is 0.856. The van der Waals surface area contributed by atoms with Gasteiger partial charge in [-0.25, -0.2) is 0 Å². The molecule has 3 heteroatoms. The molecule has 0 amide bonds. The molecular formula is C12H15ClO2. The van der Waals surface area contributed by atoms with Crippen molar-refractivity contribution in [2.24, 2.45) is 5.41 Å². The van der Waals surface area contributed by atoms with Gasteiger partial charge in [0.15, 0.2) is 0 Å². The van der Waals surface area contributed by atoms with Gasteiger partial charge in [0.05, 0.1) is 12.1 Å². The number of methoxy groups -OCH3 is 1. The molecule has 0 atom stereocenters. The lowest BCUT2D eigenvalue weighted by Gasteiger charge is -2.15. The van der Waals surface area contributed by atoms with E-state index < -0.39 is 0 Å². The molecule has 1 aliphatic rings. The van der Waals surface area contributed by atoms with Crippen LogP contribution in [0.15, 0.2) is 18.2 Å². The van der Waals surface area contributed by atoms with E-state index in [0.717, 1.165) is 30.6 Å². The van der Waals surface area contributed by atoms with E-state index in [2.05, 4.69) is 0 Å². The predicted octanol–water partition coefficient (Wildman–Crippen LogP) is 2.66. The van der Waals surface area contributed by atoms with Crippen LogP contribution in [0.25, 0.3) is 0 Å². The maximum atomic E-state index is 9.28. The van der Waals surface area contributed by atoms with E-state index in [1.165, 1.54) is 0 Å². The number of ether oxygens (including phenoxy) is 1. The van der Waals surface area contributed by atoms with E-state index in [4.69, 9.17) is 16.3 Å². The molecule has 0 saturated heterocycles. The molecule has 0 aromatic heterocycles. The lowest BCUT2D eigenvalue weighted by atomic mass is 9.97. The topological polar surface area (TPSA) is 29.5 Å². The van der Waals surface area contributed by atoms with Crippen LogP contribution in [0.1, 0.15) is 18.4 Å². The molecule has 82 valence electrons. The summed E-state index contributed by atoms with van der Waals surface area (Å²) in [6.07, 6.45) is 3.05. The van der Waals surface area contributed by atoms with Crippen molar-refractivity contribution in [1.29, 1.82) is 0 Å². The number of para-hydroxylation sites is 1. The number of rotatable bonds is 4. The first-order chi connectivity index (χ1) is 7.21. The van der Waals surface area contributed by atoms with Crippen molar-refractivity contribution in [1.82, 2.24) is 0 Å². The lowest BCUT2D eigenvalue weighted by molar-refractivity contribution is 0.210. The van der Waals surface area contributed by atoms with Crippen molar-refractivity contribution in [3.8, 4) is 5.75 Å². The van der Waals surface area contributed by atoms with Crippen molar-refractivity contribution in [3.63, 3.8) is 0 Å². The van der Waals surface area contributed by atoms with Crippen molar-refractivity contribution in [3.05, 3.63) is 28.8 Å². The summed E-state index contributed by atoms with van der Waals surface area (Å²) < 4.78 is 5.28. The van der Waals surface area contributed by atoms with E-state index in [0.29, 0.717) is 5.02 Å². The summed E-state index contributed by atoms with van der Waals surface area (Å²) >= 11 is 6.03. The van der Waals surface area contributed by atoms with Gasteiger partial charge in [0.2, 0.25) is 0 Å². The zero-order valence-electron chi connectivity index (χ0n) is 8.79. The largest absolute Gasteiger partial charge is 0.495 e. The number of benzene rings is 1. The third-order valence-corrected chi connectivity index (χ3v) is 3.41. The van der Waals surface area contributed by atoms with Crippen LogP contribution in [0.3, 0.4) is 0 Å². The Kier molecular flexibility index (Phi) is 2.89. The third kappa shape index (κ3) is 2.11. The van der Waals surface area contributed by atoms with Gasteiger partial charge in [-0.2, -0.15) is 0 Å². The average molecular weight is 227 g/mol. The molecular weight excluding hydrogens is 212 g/mol. The van der Waals surface area contributed by atoms with Crippen LogP contribution >= 0.6 is 11.6 Å². The highest BCUT2D eigenvalue weighted by Crippen LogP contribution is 2.49. The zero-order chi connectivity index (χ0) is 10.9. The zero-order valence-corrected chi connectivity index (χ0v) is 9.55. The minimum absolute atomic E-state index is 0.0952. The van der Waals surface area contributed by atoms with Crippen LogP contribution in [0.4, 0.5) is 0 Å². The fraction of sp³-hybridized carbons (Fsp3) is 0.500. The van der Waals surface area contributed by atoms with Crippen LogP contribution in [-0.2, 0) is 6.42 Å². The minimum atomic E-state index is 0.0952. The molecule has 1 aromatic carbocycles. The number of aliphatic hydroxyl groups excluding tert-OH is 1. The monoisotopic (exact) mass is 226 g/mol. The van der Waals surface area contributed by atoms with Gasteiger partial charge < -0.3 is 9.84 Å². The Morgan fingerprint density at radius 2 is 2.20 bits per heavy atom. The molecule has 1 saturated carbocycles. The maximum Gasteiger partial charge on any atom is 0.140 e. The number of hydrogen-bond donors (Lipinski definition) is 1. The van der Waals surface area contributed by atoms with Gasteiger partial charge in [-0.1, -0.05) is 23.7 Å². The second-order valence-corrected chi connectivity index (χ2v) is 4.67. The second-order valence-electron chi connectivity index (χ2n) is 4.27. The first-order valence-corrected chi connectivity index (χ1v) is 5.51. The van der Waals surface area contributed by atoms with Crippen LogP contribution in [0.5, 0.6) is 5.75 Å². The Morgan fingerprint density at radius 3 is 2.73 bits per heavy atom.